The molecule has 2 amide bonds. The average Bonchev–Trinajstić information content (AvgIpc) is 2.57. The van der Waals surface area contributed by atoms with Crippen LogP contribution < -0.4 is 15.4 Å². The van der Waals surface area contributed by atoms with Gasteiger partial charge in [-0.05, 0) is 31.2 Å². The molecular weight excluding hydrogens is 294 g/mol. The molecule has 1 heterocycles. The van der Waals surface area contributed by atoms with Crippen molar-refractivity contribution in [3.8, 4) is 5.75 Å². The van der Waals surface area contributed by atoms with Gasteiger partial charge < -0.3 is 20.3 Å². The van der Waals surface area contributed by atoms with Crippen molar-refractivity contribution in [3.05, 3.63) is 29.8 Å². The van der Waals surface area contributed by atoms with E-state index in [9.17, 15) is 9.59 Å². The van der Waals surface area contributed by atoms with Gasteiger partial charge in [0.2, 0.25) is 11.8 Å². The third-order valence-corrected chi connectivity index (χ3v) is 4.33. The van der Waals surface area contributed by atoms with Crippen molar-refractivity contribution in [1.82, 2.24) is 15.5 Å². The van der Waals surface area contributed by atoms with Crippen molar-refractivity contribution < 1.29 is 14.3 Å². The number of carbonyl (C=O) groups excluding carboxylic acids is 2. The van der Waals surface area contributed by atoms with Gasteiger partial charge >= 0.3 is 0 Å². The molecule has 1 aromatic rings. The zero-order chi connectivity index (χ0) is 16.8. The molecule has 2 N–H and O–H groups in total. The first-order valence-corrected chi connectivity index (χ1v) is 7.90. The summed E-state index contributed by atoms with van der Waals surface area (Å²) in [4.78, 5) is 26.3. The third-order valence-electron chi connectivity index (χ3n) is 4.33. The maximum Gasteiger partial charge on any atom is 0.225 e. The van der Waals surface area contributed by atoms with Crippen molar-refractivity contribution in [2.75, 3.05) is 34.3 Å². The van der Waals surface area contributed by atoms with E-state index in [0.29, 0.717) is 19.4 Å². The Kier molecular flexibility index (Phi) is 5.98. The number of amides is 2. The van der Waals surface area contributed by atoms with Crippen molar-refractivity contribution in [2.24, 2.45) is 5.92 Å². The summed E-state index contributed by atoms with van der Waals surface area (Å²) in [5.41, 5.74) is 0.954. The van der Waals surface area contributed by atoms with Gasteiger partial charge in [0.05, 0.1) is 19.1 Å². The summed E-state index contributed by atoms with van der Waals surface area (Å²) in [5, 5.41) is 5.95. The van der Waals surface area contributed by atoms with E-state index in [1.807, 2.05) is 31.3 Å². The second-order valence-electron chi connectivity index (χ2n) is 5.76. The number of methoxy groups -OCH3 is 1. The molecule has 0 aliphatic carbocycles. The lowest BCUT2D eigenvalue weighted by molar-refractivity contribution is -0.141. The number of likely N-dealkylation sites (N-methyl/N-ethyl adjacent to an activating group) is 1. The summed E-state index contributed by atoms with van der Waals surface area (Å²) < 4.78 is 5.18. The summed E-state index contributed by atoms with van der Waals surface area (Å²) in [6, 6.07) is 7.33. The number of nitrogens with zero attached hydrogens (tertiary/aromatic N) is 1. The Morgan fingerprint density at radius 2 is 2.00 bits per heavy atom. The maximum absolute atomic E-state index is 12.5. The van der Waals surface area contributed by atoms with Gasteiger partial charge in [-0.3, -0.25) is 9.59 Å². The van der Waals surface area contributed by atoms with Gasteiger partial charge in [0.25, 0.3) is 0 Å². The van der Waals surface area contributed by atoms with E-state index < -0.39 is 0 Å². The number of ether oxygens (including phenoxy) is 1. The SMILES string of the molecule is CNCCNC(=O)C1CCC(=O)N(C)C1c1ccc(OC)cc1. The molecule has 0 spiro atoms. The second-order valence-corrected chi connectivity index (χ2v) is 5.76. The third kappa shape index (κ3) is 4.01. The Balaban J connectivity index is 2.20. The molecule has 6 heteroatoms. The summed E-state index contributed by atoms with van der Waals surface area (Å²) in [6.07, 6.45) is 0.985. The van der Waals surface area contributed by atoms with Crippen LogP contribution in [-0.2, 0) is 9.59 Å². The zero-order valence-corrected chi connectivity index (χ0v) is 14.0. The van der Waals surface area contributed by atoms with Gasteiger partial charge in [0.1, 0.15) is 5.75 Å². The first-order valence-electron chi connectivity index (χ1n) is 7.90. The van der Waals surface area contributed by atoms with E-state index in [1.54, 1.807) is 19.1 Å². The zero-order valence-electron chi connectivity index (χ0n) is 14.0. The van der Waals surface area contributed by atoms with E-state index in [1.165, 1.54) is 0 Å². The lowest BCUT2D eigenvalue weighted by Crippen LogP contribution is -2.47. The predicted octanol–water partition coefficient (Wildman–Crippen LogP) is 0.940. The maximum atomic E-state index is 12.5. The standard InChI is InChI=1S/C17H25N3O3/c1-18-10-11-19-17(22)14-8-9-15(21)20(2)16(14)12-4-6-13(23-3)7-5-12/h4-7,14,16,18H,8-11H2,1-3H3,(H,19,22). The minimum Gasteiger partial charge on any atom is -0.497 e. The van der Waals surface area contributed by atoms with E-state index in [-0.39, 0.29) is 23.8 Å². The fraction of sp³-hybridized carbons (Fsp3) is 0.529. The van der Waals surface area contributed by atoms with Gasteiger partial charge in [-0.15, -0.1) is 0 Å². The summed E-state index contributed by atoms with van der Waals surface area (Å²) >= 11 is 0. The minimum absolute atomic E-state index is 0.000387. The first-order chi connectivity index (χ1) is 11.1. The largest absolute Gasteiger partial charge is 0.497 e. The van der Waals surface area contributed by atoms with Crippen LogP contribution in [0.5, 0.6) is 5.75 Å². The molecule has 1 aliphatic heterocycles. The Morgan fingerprint density at radius 1 is 1.30 bits per heavy atom. The van der Waals surface area contributed by atoms with Gasteiger partial charge in [0.15, 0.2) is 0 Å². The fourth-order valence-electron chi connectivity index (χ4n) is 3.01. The fourth-order valence-corrected chi connectivity index (χ4v) is 3.01. The number of carbonyl (C=O) groups is 2. The number of rotatable bonds is 6. The van der Waals surface area contributed by atoms with Crippen LogP contribution in [0.4, 0.5) is 0 Å². The molecule has 0 bridgehead atoms. The molecular formula is C17H25N3O3. The first kappa shape index (κ1) is 17.3. The molecule has 2 rings (SSSR count). The summed E-state index contributed by atoms with van der Waals surface area (Å²) in [7, 11) is 5.23. The van der Waals surface area contributed by atoms with Crippen molar-refractivity contribution >= 4 is 11.8 Å². The van der Waals surface area contributed by atoms with Crippen LogP contribution in [0.25, 0.3) is 0 Å². The molecule has 1 saturated heterocycles. The van der Waals surface area contributed by atoms with Gasteiger partial charge in [-0.25, -0.2) is 0 Å². The van der Waals surface area contributed by atoms with E-state index in [0.717, 1.165) is 17.9 Å². The lowest BCUT2D eigenvalue weighted by Gasteiger charge is -2.38. The van der Waals surface area contributed by atoms with E-state index >= 15 is 0 Å². The molecule has 1 aromatic carbocycles. The van der Waals surface area contributed by atoms with Crippen LogP contribution in [0.3, 0.4) is 0 Å². The molecule has 0 saturated carbocycles. The van der Waals surface area contributed by atoms with Crippen molar-refractivity contribution in [3.63, 3.8) is 0 Å². The lowest BCUT2D eigenvalue weighted by atomic mass is 9.84. The quantitative estimate of drug-likeness (QED) is 0.766. The molecule has 2 atom stereocenters. The van der Waals surface area contributed by atoms with Gasteiger partial charge in [0, 0.05) is 26.6 Å². The highest BCUT2D eigenvalue weighted by Gasteiger charge is 2.38. The van der Waals surface area contributed by atoms with Gasteiger partial charge in [-0.2, -0.15) is 0 Å². The Bertz CT molecular complexity index is 545. The summed E-state index contributed by atoms with van der Waals surface area (Å²) in [5.74, 6) is 0.599. The number of hydrogen-bond donors (Lipinski definition) is 2. The highest BCUT2D eigenvalue weighted by Crippen LogP contribution is 2.36. The molecule has 6 nitrogen and oxygen atoms in total. The molecule has 0 radical (unpaired) electrons. The highest BCUT2D eigenvalue weighted by atomic mass is 16.5. The monoisotopic (exact) mass is 319 g/mol. The number of nitrogens with one attached hydrogen (secondary N) is 2. The Morgan fingerprint density at radius 3 is 2.61 bits per heavy atom. The van der Waals surface area contributed by atoms with E-state index in [4.69, 9.17) is 4.74 Å². The van der Waals surface area contributed by atoms with Crippen molar-refractivity contribution in [1.29, 1.82) is 0 Å². The van der Waals surface area contributed by atoms with E-state index in [2.05, 4.69) is 10.6 Å². The van der Waals surface area contributed by atoms with Crippen LogP contribution >= 0.6 is 0 Å². The van der Waals surface area contributed by atoms with Crippen LogP contribution in [0.1, 0.15) is 24.4 Å². The minimum atomic E-state index is -0.239. The number of piperidine rings is 1. The molecule has 0 aromatic heterocycles. The van der Waals surface area contributed by atoms with Crippen LogP contribution in [0, 0.1) is 5.92 Å². The topological polar surface area (TPSA) is 70.7 Å². The molecule has 23 heavy (non-hydrogen) atoms. The number of benzene rings is 1. The molecule has 1 aliphatic rings. The van der Waals surface area contributed by atoms with Gasteiger partial charge in [-0.1, -0.05) is 12.1 Å². The Labute approximate surface area is 137 Å². The number of hydrogen-bond acceptors (Lipinski definition) is 4. The molecule has 126 valence electrons. The van der Waals surface area contributed by atoms with Crippen LogP contribution in [0.15, 0.2) is 24.3 Å². The smallest absolute Gasteiger partial charge is 0.225 e. The predicted molar refractivity (Wildman–Crippen MR) is 88.2 cm³/mol. The van der Waals surface area contributed by atoms with Crippen molar-refractivity contribution in [2.45, 2.75) is 18.9 Å². The second kappa shape index (κ2) is 7.97. The molecule has 1 fully saturated rings. The Hall–Kier alpha value is -2.08. The summed E-state index contributed by atoms with van der Waals surface area (Å²) in [6.45, 7) is 1.30. The normalized spacial score (nSPS) is 21.2. The van der Waals surface area contributed by atoms with Crippen LogP contribution in [0.2, 0.25) is 0 Å². The average molecular weight is 319 g/mol. The highest BCUT2D eigenvalue weighted by molar-refractivity contribution is 5.84. The van der Waals surface area contributed by atoms with Crippen LogP contribution in [-0.4, -0.2) is 51.0 Å². The number of likely N-dealkylation sites (tertiary alicyclic amines) is 1. The molecule has 2 unspecified atom stereocenters.